The zero-order chi connectivity index (χ0) is 28.2. The molecule has 1 atom stereocenters. The largest absolute Gasteiger partial charge is 0.512 e. The molecule has 1 saturated heterocycles. The van der Waals surface area contributed by atoms with Gasteiger partial charge in [-0.2, -0.15) is 0 Å². The third kappa shape index (κ3) is 5.65. The summed E-state index contributed by atoms with van der Waals surface area (Å²) in [5, 5.41) is 24.4. The molecule has 2 aliphatic rings. The molecular formula is C30H33N5O4S. The number of aromatic nitrogens is 1. The molecule has 2 aliphatic heterocycles. The molecule has 0 bridgehead atoms. The van der Waals surface area contributed by atoms with Crippen molar-refractivity contribution in [1.29, 1.82) is 0 Å². The third-order valence-corrected chi connectivity index (χ3v) is 8.14. The lowest BCUT2D eigenvalue weighted by Gasteiger charge is -2.35. The van der Waals surface area contributed by atoms with E-state index in [1.54, 1.807) is 11.6 Å². The van der Waals surface area contributed by atoms with E-state index in [9.17, 15) is 19.8 Å². The first-order valence-corrected chi connectivity index (χ1v) is 14.1. The zero-order valence-electron chi connectivity index (χ0n) is 22.4. The summed E-state index contributed by atoms with van der Waals surface area (Å²) >= 11 is 1.27. The highest BCUT2D eigenvalue weighted by atomic mass is 32.1. The van der Waals surface area contributed by atoms with E-state index in [0.29, 0.717) is 17.2 Å². The lowest BCUT2D eigenvalue weighted by atomic mass is 10.00. The van der Waals surface area contributed by atoms with Gasteiger partial charge in [-0.15, -0.1) is 11.3 Å². The predicted molar refractivity (Wildman–Crippen MR) is 158 cm³/mol. The van der Waals surface area contributed by atoms with Gasteiger partial charge in [0.25, 0.3) is 11.8 Å². The molecule has 40 heavy (non-hydrogen) atoms. The molecular weight excluding hydrogens is 526 g/mol. The first-order valence-electron chi connectivity index (χ1n) is 13.2. The van der Waals surface area contributed by atoms with Crippen LogP contribution in [0, 0.1) is 0 Å². The molecule has 0 saturated carbocycles. The maximum absolute atomic E-state index is 13.7. The number of rotatable bonds is 9. The minimum absolute atomic E-state index is 0.0753. The van der Waals surface area contributed by atoms with Crippen LogP contribution in [-0.4, -0.2) is 82.2 Å². The number of aliphatic hydroxyl groups is 2. The Morgan fingerprint density at radius 1 is 1.15 bits per heavy atom. The van der Waals surface area contributed by atoms with E-state index in [1.165, 1.54) is 29.2 Å². The highest BCUT2D eigenvalue weighted by molar-refractivity contribution is 7.13. The summed E-state index contributed by atoms with van der Waals surface area (Å²) in [6.07, 6.45) is 3.00. The molecule has 2 aromatic carbocycles. The molecule has 9 nitrogen and oxygen atoms in total. The normalized spacial score (nSPS) is 16.9. The molecule has 3 heterocycles. The number of piperazine rings is 1. The van der Waals surface area contributed by atoms with Gasteiger partial charge in [0.15, 0.2) is 5.13 Å². The van der Waals surface area contributed by atoms with Crippen LogP contribution in [0.1, 0.15) is 22.8 Å². The zero-order valence-corrected chi connectivity index (χ0v) is 23.2. The standard InChI is InChI=1S/C30H33N5O4S/c1-3-25(20(2)37)27(28(38)32-30-31-10-17-40-30)35-19-23-5-4-22(18-26(23)29(35)39)21-6-8-24(9-7-21)34-13-11-33(12-14-34)15-16-36/h3-10,17-18,27,36-37H,1,11-16,19H2,2H3,(H,31,32,38)/b25-20-. The van der Waals surface area contributed by atoms with Gasteiger partial charge in [0, 0.05) is 67.7 Å². The van der Waals surface area contributed by atoms with Crippen molar-refractivity contribution in [2.45, 2.75) is 19.5 Å². The van der Waals surface area contributed by atoms with E-state index in [1.807, 2.05) is 18.2 Å². The summed E-state index contributed by atoms with van der Waals surface area (Å²) in [4.78, 5) is 37.2. The molecule has 1 fully saturated rings. The Hall–Kier alpha value is -3.99. The molecule has 3 aromatic rings. The average Bonchev–Trinajstić information content (AvgIpc) is 3.59. The van der Waals surface area contributed by atoms with Gasteiger partial charge < -0.3 is 20.0 Å². The Kier molecular flexibility index (Phi) is 8.29. The second-order valence-corrected chi connectivity index (χ2v) is 10.8. The Labute approximate surface area is 237 Å². The van der Waals surface area contributed by atoms with Gasteiger partial charge in [0.05, 0.1) is 12.4 Å². The van der Waals surface area contributed by atoms with Crippen molar-refractivity contribution in [1.82, 2.24) is 14.8 Å². The summed E-state index contributed by atoms with van der Waals surface area (Å²) in [5.41, 5.74) is 4.67. The van der Waals surface area contributed by atoms with Gasteiger partial charge in [0.1, 0.15) is 6.04 Å². The monoisotopic (exact) mass is 559 g/mol. The molecule has 10 heteroatoms. The van der Waals surface area contributed by atoms with Crippen LogP contribution in [0.3, 0.4) is 0 Å². The highest BCUT2D eigenvalue weighted by Gasteiger charge is 2.39. The van der Waals surface area contributed by atoms with Crippen molar-refractivity contribution in [2.75, 3.05) is 49.5 Å². The maximum Gasteiger partial charge on any atom is 0.255 e. The lowest BCUT2D eigenvalue weighted by Crippen LogP contribution is -2.47. The number of β-amino-alcohol motifs (C(OH)–C–C–N with tert-alkyl or cyclic N) is 1. The number of hydrogen-bond acceptors (Lipinski definition) is 8. The Balaban J connectivity index is 1.35. The first-order chi connectivity index (χ1) is 19.4. The van der Waals surface area contributed by atoms with Gasteiger partial charge in [0.2, 0.25) is 0 Å². The quantitative estimate of drug-likeness (QED) is 0.269. The Morgan fingerprint density at radius 2 is 1.88 bits per heavy atom. The van der Waals surface area contributed by atoms with Crippen LogP contribution in [0.4, 0.5) is 10.8 Å². The fourth-order valence-electron chi connectivity index (χ4n) is 5.31. The lowest BCUT2D eigenvalue weighted by molar-refractivity contribution is -0.119. The van der Waals surface area contributed by atoms with Crippen LogP contribution < -0.4 is 10.2 Å². The van der Waals surface area contributed by atoms with Crippen LogP contribution in [0.5, 0.6) is 0 Å². The molecule has 3 N–H and O–H groups in total. The SMILES string of the molecule is C=C/C(=C(\C)O)C(C(=O)Nc1nccs1)N1Cc2ccc(-c3ccc(N4CCN(CCO)CC4)cc3)cc2C1=O. The molecule has 208 valence electrons. The molecule has 0 aliphatic carbocycles. The van der Waals surface area contributed by atoms with E-state index in [-0.39, 0.29) is 30.4 Å². The third-order valence-electron chi connectivity index (χ3n) is 7.45. The second kappa shape index (κ2) is 12.0. The predicted octanol–water partition coefficient (Wildman–Crippen LogP) is 3.91. The van der Waals surface area contributed by atoms with Crippen molar-refractivity contribution < 1.29 is 19.8 Å². The average molecular weight is 560 g/mol. The summed E-state index contributed by atoms with van der Waals surface area (Å²) in [7, 11) is 0. The topological polar surface area (TPSA) is 109 Å². The number of nitrogens with zero attached hydrogens (tertiary/aromatic N) is 4. The number of benzene rings is 2. The smallest absolute Gasteiger partial charge is 0.255 e. The first kappa shape index (κ1) is 27.6. The maximum atomic E-state index is 13.7. The Bertz CT molecular complexity index is 1410. The van der Waals surface area contributed by atoms with Crippen molar-refractivity contribution in [3.05, 3.63) is 89.2 Å². The van der Waals surface area contributed by atoms with Gasteiger partial charge in [-0.05, 0) is 41.8 Å². The van der Waals surface area contributed by atoms with Gasteiger partial charge in [-0.1, -0.05) is 36.9 Å². The van der Waals surface area contributed by atoms with Gasteiger partial charge in [-0.3, -0.25) is 19.8 Å². The molecule has 1 aromatic heterocycles. The van der Waals surface area contributed by atoms with E-state index in [0.717, 1.165) is 48.6 Å². The van der Waals surface area contributed by atoms with E-state index in [4.69, 9.17) is 0 Å². The number of anilines is 2. The number of thiazole rings is 1. The number of nitrogens with one attached hydrogen (secondary N) is 1. The van der Waals surface area contributed by atoms with E-state index < -0.39 is 11.9 Å². The number of amides is 2. The summed E-state index contributed by atoms with van der Waals surface area (Å²) < 4.78 is 0. The highest BCUT2D eigenvalue weighted by Crippen LogP contribution is 2.33. The summed E-state index contributed by atoms with van der Waals surface area (Å²) in [6.45, 7) is 10.0. The van der Waals surface area contributed by atoms with Crippen LogP contribution in [-0.2, 0) is 11.3 Å². The molecule has 1 unspecified atom stereocenters. The van der Waals surface area contributed by atoms with Crippen molar-refractivity contribution >= 4 is 34.0 Å². The van der Waals surface area contributed by atoms with Crippen LogP contribution in [0.15, 0.2) is 78.0 Å². The van der Waals surface area contributed by atoms with Crippen LogP contribution in [0.2, 0.25) is 0 Å². The number of hydrogen-bond donors (Lipinski definition) is 3. The number of carbonyl (C=O) groups is 2. The second-order valence-electron chi connectivity index (χ2n) is 9.88. The van der Waals surface area contributed by atoms with Crippen LogP contribution in [0.25, 0.3) is 11.1 Å². The molecule has 0 radical (unpaired) electrons. The summed E-state index contributed by atoms with van der Waals surface area (Å²) in [6, 6.07) is 13.1. The fourth-order valence-corrected chi connectivity index (χ4v) is 5.85. The van der Waals surface area contributed by atoms with Crippen LogP contribution >= 0.6 is 11.3 Å². The molecule has 0 spiro atoms. The number of fused-ring (bicyclic) bond motifs is 1. The minimum atomic E-state index is -1.06. The molecule has 5 rings (SSSR count). The number of aliphatic hydroxyl groups excluding tert-OH is 2. The van der Waals surface area contributed by atoms with Gasteiger partial charge in [-0.25, -0.2) is 4.98 Å². The van der Waals surface area contributed by atoms with Crippen molar-refractivity contribution in [3.63, 3.8) is 0 Å². The van der Waals surface area contributed by atoms with Crippen molar-refractivity contribution in [2.24, 2.45) is 0 Å². The number of carbonyl (C=O) groups excluding carboxylic acids is 2. The fraction of sp³-hybridized carbons (Fsp3) is 0.300. The van der Waals surface area contributed by atoms with E-state index in [2.05, 4.69) is 50.9 Å². The summed E-state index contributed by atoms with van der Waals surface area (Å²) in [5.74, 6) is -0.824. The van der Waals surface area contributed by atoms with E-state index >= 15 is 0 Å². The number of allylic oxidation sites excluding steroid dienone is 1. The Morgan fingerprint density at radius 3 is 2.50 bits per heavy atom. The molecule has 2 amide bonds. The van der Waals surface area contributed by atoms with Crippen molar-refractivity contribution in [3.8, 4) is 11.1 Å². The minimum Gasteiger partial charge on any atom is -0.512 e. The van der Waals surface area contributed by atoms with Gasteiger partial charge >= 0.3 is 0 Å².